The van der Waals surface area contributed by atoms with Crippen molar-refractivity contribution in [1.82, 2.24) is 4.98 Å². The molecule has 0 saturated carbocycles. The predicted molar refractivity (Wildman–Crippen MR) is 104 cm³/mol. The van der Waals surface area contributed by atoms with Gasteiger partial charge in [-0.05, 0) is 45.0 Å². The molecule has 1 N–H and O–H groups in total. The fourth-order valence-electron chi connectivity index (χ4n) is 2.16. The van der Waals surface area contributed by atoms with Gasteiger partial charge >= 0.3 is 16.2 Å². The molecule has 3 rings (SSSR count). The van der Waals surface area contributed by atoms with Gasteiger partial charge in [0.25, 0.3) is 0 Å². The minimum absolute atomic E-state index is 0.0710. The molecule has 0 spiro atoms. The Morgan fingerprint density at radius 1 is 1.11 bits per heavy atom. The average Bonchev–Trinajstić information content (AvgIpc) is 2.94. The summed E-state index contributed by atoms with van der Waals surface area (Å²) < 4.78 is 35.7. The minimum atomic E-state index is -3.92. The summed E-state index contributed by atoms with van der Waals surface area (Å²) in [6.07, 6.45) is -0.607. The van der Waals surface area contributed by atoms with E-state index in [-0.39, 0.29) is 10.6 Å². The number of rotatable bonds is 4. The van der Waals surface area contributed by atoms with E-state index in [0.717, 1.165) is 0 Å². The van der Waals surface area contributed by atoms with E-state index < -0.39 is 21.8 Å². The van der Waals surface area contributed by atoms with Crippen molar-refractivity contribution >= 4 is 42.9 Å². The molecular formula is C18H18N2O5S2. The molecule has 0 bridgehead atoms. The minimum Gasteiger partial charge on any atom is -0.444 e. The van der Waals surface area contributed by atoms with Crippen LogP contribution in [0.4, 0.5) is 9.93 Å². The summed E-state index contributed by atoms with van der Waals surface area (Å²) in [5, 5.41) is 2.92. The van der Waals surface area contributed by atoms with Crippen LogP contribution in [0.15, 0.2) is 53.4 Å². The van der Waals surface area contributed by atoms with E-state index >= 15 is 0 Å². The van der Waals surface area contributed by atoms with Crippen LogP contribution in [0, 0.1) is 0 Å². The Morgan fingerprint density at radius 2 is 1.81 bits per heavy atom. The smallest absolute Gasteiger partial charge is 0.413 e. The number of benzene rings is 2. The summed E-state index contributed by atoms with van der Waals surface area (Å²) in [6.45, 7) is 5.30. The van der Waals surface area contributed by atoms with Crippen molar-refractivity contribution in [3.05, 3.63) is 48.5 Å². The largest absolute Gasteiger partial charge is 0.444 e. The van der Waals surface area contributed by atoms with Gasteiger partial charge < -0.3 is 8.92 Å². The van der Waals surface area contributed by atoms with E-state index in [9.17, 15) is 13.2 Å². The van der Waals surface area contributed by atoms with Crippen molar-refractivity contribution in [3.8, 4) is 5.75 Å². The fraction of sp³-hybridized carbons (Fsp3) is 0.222. The first-order chi connectivity index (χ1) is 12.6. The van der Waals surface area contributed by atoms with Crippen LogP contribution in [0.2, 0.25) is 0 Å². The zero-order valence-electron chi connectivity index (χ0n) is 14.9. The maximum Gasteiger partial charge on any atom is 0.413 e. The number of anilines is 1. The number of nitrogens with one attached hydrogen (secondary N) is 1. The summed E-state index contributed by atoms with van der Waals surface area (Å²) in [6, 6.07) is 12.6. The van der Waals surface area contributed by atoms with Gasteiger partial charge in [0.1, 0.15) is 16.2 Å². The number of ether oxygens (including phenoxy) is 1. The third-order valence-electron chi connectivity index (χ3n) is 3.21. The maximum atomic E-state index is 12.3. The Balaban J connectivity index is 1.79. The number of carbonyl (C=O) groups excluding carboxylic acids is 1. The number of fused-ring (bicyclic) bond motifs is 1. The van der Waals surface area contributed by atoms with Gasteiger partial charge in [-0.3, -0.25) is 5.32 Å². The van der Waals surface area contributed by atoms with Gasteiger partial charge in [-0.15, -0.1) is 0 Å². The predicted octanol–water partition coefficient (Wildman–Crippen LogP) is 4.41. The van der Waals surface area contributed by atoms with Crippen molar-refractivity contribution < 1.29 is 22.1 Å². The monoisotopic (exact) mass is 406 g/mol. The van der Waals surface area contributed by atoms with Gasteiger partial charge in [-0.1, -0.05) is 29.5 Å². The van der Waals surface area contributed by atoms with Crippen molar-refractivity contribution in [2.24, 2.45) is 0 Å². The fourth-order valence-corrected chi connectivity index (χ4v) is 3.99. The first kappa shape index (κ1) is 19.1. The van der Waals surface area contributed by atoms with Gasteiger partial charge in [0.2, 0.25) is 0 Å². The average molecular weight is 406 g/mol. The van der Waals surface area contributed by atoms with Crippen LogP contribution in [0.5, 0.6) is 5.75 Å². The molecule has 1 amide bonds. The number of thiazole rings is 1. The second-order valence-corrected chi connectivity index (χ2v) is 9.20. The third kappa shape index (κ3) is 4.95. The molecule has 0 radical (unpaired) electrons. The van der Waals surface area contributed by atoms with Crippen LogP contribution in [-0.4, -0.2) is 25.1 Å². The SMILES string of the molecule is CC(C)(C)OC(=O)Nc1nc2ccc(OS(=O)(=O)c3ccccc3)cc2s1. The Hall–Kier alpha value is -2.65. The lowest BCUT2D eigenvalue weighted by molar-refractivity contribution is 0.0636. The van der Waals surface area contributed by atoms with Gasteiger partial charge in [0, 0.05) is 6.07 Å². The molecule has 142 valence electrons. The van der Waals surface area contributed by atoms with Crippen LogP contribution < -0.4 is 9.50 Å². The van der Waals surface area contributed by atoms with Gasteiger partial charge in [0.15, 0.2) is 5.13 Å². The Kier molecular flexibility index (Phi) is 5.07. The molecule has 0 saturated heterocycles. The van der Waals surface area contributed by atoms with E-state index in [4.69, 9.17) is 8.92 Å². The van der Waals surface area contributed by atoms with E-state index in [1.165, 1.54) is 29.5 Å². The van der Waals surface area contributed by atoms with Crippen LogP contribution in [-0.2, 0) is 14.9 Å². The van der Waals surface area contributed by atoms with Gasteiger partial charge in [-0.25, -0.2) is 9.78 Å². The second kappa shape index (κ2) is 7.16. The summed E-state index contributed by atoms with van der Waals surface area (Å²) in [7, 11) is -3.92. The molecule has 0 aliphatic heterocycles. The molecule has 0 atom stereocenters. The highest BCUT2D eigenvalue weighted by atomic mass is 32.2. The Labute approximate surface area is 161 Å². The van der Waals surface area contributed by atoms with Crippen LogP contribution in [0.1, 0.15) is 20.8 Å². The zero-order chi connectivity index (χ0) is 19.7. The molecule has 1 aromatic heterocycles. The maximum absolute atomic E-state index is 12.3. The molecule has 0 fully saturated rings. The van der Waals surface area contributed by atoms with Crippen LogP contribution >= 0.6 is 11.3 Å². The molecule has 3 aromatic rings. The highest BCUT2D eigenvalue weighted by Crippen LogP contribution is 2.30. The number of carbonyl (C=O) groups is 1. The molecular weight excluding hydrogens is 388 g/mol. The molecule has 27 heavy (non-hydrogen) atoms. The number of amides is 1. The van der Waals surface area contributed by atoms with Crippen LogP contribution in [0.3, 0.4) is 0 Å². The molecule has 0 aliphatic carbocycles. The highest BCUT2D eigenvalue weighted by Gasteiger charge is 2.19. The van der Waals surface area contributed by atoms with E-state index in [2.05, 4.69) is 10.3 Å². The summed E-state index contributed by atoms with van der Waals surface area (Å²) >= 11 is 1.19. The summed E-state index contributed by atoms with van der Waals surface area (Å²) in [5.41, 5.74) is -0.0105. The normalized spacial score (nSPS) is 12.0. The first-order valence-electron chi connectivity index (χ1n) is 8.02. The lowest BCUT2D eigenvalue weighted by Crippen LogP contribution is -2.27. The quantitative estimate of drug-likeness (QED) is 0.645. The van der Waals surface area contributed by atoms with E-state index in [1.54, 1.807) is 51.1 Å². The van der Waals surface area contributed by atoms with E-state index in [1.807, 2.05) is 0 Å². The van der Waals surface area contributed by atoms with E-state index in [0.29, 0.717) is 15.3 Å². The van der Waals surface area contributed by atoms with Gasteiger partial charge in [0.05, 0.1) is 10.2 Å². The van der Waals surface area contributed by atoms with Crippen molar-refractivity contribution in [3.63, 3.8) is 0 Å². The summed E-state index contributed by atoms with van der Waals surface area (Å²) in [5.74, 6) is 0.166. The Morgan fingerprint density at radius 3 is 2.48 bits per heavy atom. The first-order valence-corrected chi connectivity index (χ1v) is 10.2. The Bertz CT molecular complexity index is 1070. The van der Waals surface area contributed by atoms with Crippen LogP contribution in [0.25, 0.3) is 10.2 Å². The highest BCUT2D eigenvalue weighted by molar-refractivity contribution is 7.87. The standard InChI is InChI=1S/C18H18N2O5S2/c1-18(2,3)24-17(21)20-16-19-14-10-9-12(11-15(14)26-16)25-27(22,23)13-7-5-4-6-8-13/h4-11H,1-3H3,(H,19,20,21). The molecule has 2 aromatic carbocycles. The van der Waals surface area contributed by atoms with Crippen molar-refractivity contribution in [2.45, 2.75) is 31.3 Å². The third-order valence-corrected chi connectivity index (χ3v) is 5.40. The van der Waals surface area contributed by atoms with Gasteiger partial charge in [-0.2, -0.15) is 8.42 Å². The molecule has 0 unspecified atom stereocenters. The number of hydrogen-bond donors (Lipinski definition) is 1. The number of hydrogen-bond acceptors (Lipinski definition) is 7. The number of nitrogens with zero attached hydrogens (tertiary/aromatic N) is 1. The summed E-state index contributed by atoms with van der Waals surface area (Å²) in [4.78, 5) is 16.2. The van der Waals surface area contributed by atoms with Crippen molar-refractivity contribution in [2.75, 3.05) is 5.32 Å². The molecule has 1 heterocycles. The number of aromatic nitrogens is 1. The lowest BCUT2D eigenvalue weighted by Gasteiger charge is -2.18. The zero-order valence-corrected chi connectivity index (χ0v) is 16.6. The molecule has 0 aliphatic rings. The van der Waals surface area contributed by atoms with Crippen molar-refractivity contribution in [1.29, 1.82) is 0 Å². The molecule has 7 nitrogen and oxygen atoms in total. The topological polar surface area (TPSA) is 94.6 Å². The molecule has 9 heteroatoms. The lowest BCUT2D eigenvalue weighted by atomic mass is 10.2. The second-order valence-electron chi connectivity index (χ2n) is 6.63.